The second kappa shape index (κ2) is 8.01. The van der Waals surface area contributed by atoms with Crippen LogP contribution >= 0.6 is 0 Å². The average Bonchev–Trinajstić information content (AvgIpc) is 2.79. The summed E-state index contributed by atoms with van der Waals surface area (Å²) in [6.07, 6.45) is 13.5. The van der Waals surface area contributed by atoms with Crippen molar-refractivity contribution in [2.24, 2.45) is 5.92 Å². The molecule has 0 radical (unpaired) electrons. The molecule has 2 atom stereocenters. The van der Waals surface area contributed by atoms with E-state index in [-0.39, 0.29) is 17.1 Å². The van der Waals surface area contributed by atoms with E-state index in [4.69, 9.17) is 4.43 Å². The van der Waals surface area contributed by atoms with Gasteiger partial charge in [-0.05, 0) is 37.0 Å². The molecule has 0 aliphatic heterocycles. The van der Waals surface area contributed by atoms with E-state index >= 15 is 0 Å². The molecule has 0 saturated carbocycles. The lowest BCUT2D eigenvalue weighted by Crippen LogP contribution is -2.44. The zero-order valence-electron chi connectivity index (χ0n) is 14.7. The quantitative estimate of drug-likeness (QED) is 0.274. The second-order valence-electron chi connectivity index (χ2n) is 7.44. The average molecular weight is 305 g/mol. The summed E-state index contributed by atoms with van der Waals surface area (Å²) in [6, 6.07) is 0. The third-order valence-corrected chi connectivity index (χ3v) is 9.04. The van der Waals surface area contributed by atoms with Gasteiger partial charge in [0.25, 0.3) is 0 Å². The third kappa shape index (κ3) is 5.85. The molecular weight excluding hydrogens is 272 g/mol. The van der Waals surface area contributed by atoms with Crippen molar-refractivity contribution in [1.29, 1.82) is 0 Å². The van der Waals surface area contributed by atoms with Crippen molar-refractivity contribution in [3.63, 3.8) is 0 Å². The number of hydrogen-bond acceptors (Lipinski definition) is 1. The van der Waals surface area contributed by atoms with Gasteiger partial charge in [-0.25, -0.2) is 0 Å². The first kappa shape index (κ1) is 18.3. The second-order valence-corrected chi connectivity index (χ2v) is 12.2. The Hall–Kier alpha value is -0.783. The molecule has 0 N–H and O–H groups in total. The highest BCUT2D eigenvalue weighted by Crippen LogP contribution is 2.39. The van der Waals surface area contributed by atoms with Crippen LogP contribution in [0.3, 0.4) is 0 Å². The monoisotopic (exact) mass is 304 g/mol. The van der Waals surface area contributed by atoms with E-state index in [2.05, 4.69) is 70.9 Å². The maximum Gasteiger partial charge on any atom is 0.192 e. The number of rotatable bonds is 5. The van der Waals surface area contributed by atoms with Gasteiger partial charge in [-0.2, -0.15) is 0 Å². The molecule has 0 unspecified atom stereocenters. The van der Waals surface area contributed by atoms with Crippen LogP contribution in [0, 0.1) is 17.8 Å². The molecule has 0 amide bonds. The summed E-state index contributed by atoms with van der Waals surface area (Å²) in [4.78, 5) is 0. The molecule has 1 aliphatic carbocycles. The van der Waals surface area contributed by atoms with Crippen LogP contribution in [0.2, 0.25) is 18.1 Å². The Labute approximate surface area is 133 Å². The van der Waals surface area contributed by atoms with Gasteiger partial charge in [0.05, 0.1) is 12.0 Å². The summed E-state index contributed by atoms with van der Waals surface area (Å²) in [7, 11) is -1.70. The van der Waals surface area contributed by atoms with Crippen LogP contribution in [0.5, 0.6) is 0 Å². The minimum Gasteiger partial charge on any atom is -0.412 e. The van der Waals surface area contributed by atoms with E-state index in [1.165, 1.54) is 12.8 Å². The van der Waals surface area contributed by atoms with Crippen molar-refractivity contribution in [1.82, 2.24) is 0 Å². The van der Waals surface area contributed by atoms with Crippen LogP contribution in [0.25, 0.3) is 0 Å². The number of hydrogen-bond donors (Lipinski definition) is 0. The van der Waals surface area contributed by atoms with Crippen LogP contribution in [-0.2, 0) is 4.43 Å². The van der Waals surface area contributed by atoms with Gasteiger partial charge in [0.15, 0.2) is 8.32 Å². The van der Waals surface area contributed by atoms with Crippen LogP contribution in [-0.4, -0.2) is 14.4 Å². The van der Waals surface area contributed by atoms with Gasteiger partial charge in [-0.3, -0.25) is 0 Å². The molecular formula is C19H32OSi. The van der Waals surface area contributed by atoms with E-state index < -0.39 is 8.32 Å². The minimum absolute atomic E-state index is 0.252. The Balaban J connectivity index is 2.58. The molecule has 0 aromatic rings. The normalized spacial score (nSPS) is 22.6. The predicted molar refractivity (Wildman–Crippen MR) is 95.8 cm³/mol. The highest BCUT2D eigenvalue weighted by Gasteiger charge is 2.40. The number of unbranched alkanes of at least 4 members (excludes halogenated alkanes) is 2. The standard InChI is InChI=1S/C19H32OSi/c1-7-8-9-10-11-12-14-17-15-13-16-18(17)20-21(5,6)19(2,3)4/h10-11,13,15,17-18H,7-9,16H2,1-6H3/b11-10+/t17-,18-/m1/s1. The number of allylic oxidation sites excluding steroid dienone is 2. The zero-order chi connectivity index (χ0) is 15.9. The largest absolute Gasteiger partial charge is 0.412 e. The maximum atomic E-state index is 6.52. The van der Waals surface area contributed by atoms with Crippen molar-refractivity contribution in [3.05, 3.63) is 24.3 Å². The Bertz CT molecular complexity index is 429. The van der Waals surface area contributed by atoms with E-state index in [1.54, 1.807) is 0 Å². The van der Waals surface area contributed by atoms with E-state index in [0.29, 0.717) is 0 Å². The lowest BCUT2D eigenvalue weighted by atomic mass is 10.1. The van der Waals surface area contributed by atoms with Gasteiger partial charge < -0.3 is 4.43 Å². The summed E-state index contributed by atoms with van der Waals surface area (Å²) in [5.74, 6) is 6.81. The van der Waals surface area contributed by atoms with Crippen molar-refractivity contribution < 1.29 is 4.43 Å². The first-order chi connectivity index (χ1) is 9.78. The van der Waals surface area contributed by atoms with Crippen LogP contribution in [0.1, 0.15) is 53.4 Å². The maximum absolute atomic E-state index is 6.52. The molecule has 118 valence electrons. The van der Waals surface area contributed by atoms with Crippen molar-refractivity contribution in [2.75, 3.05) is 0 Å². The Kier molecular flexibility index (Phi) is 6.97. The molecule has 2 heteroatoms. The molecule has 0 aromatic heterocycles. The molecule has 0 saturated heterocycles. The van der Waals surface area contributed by atoms with E-state index in [1.807, 2.05) is 6.08 Å². The smallest absolute Gasteiger partial charge is 0.192 e. The van der Waals surface area contributed by atoms with Gasteiger partial charge >= 0.3 is 0 Å². The molecule has 0 bridgehead atoms. The fraction of sp³-hybridized carbons (Fsp3) is 0.684. The van der Waals surface area contributed by atoms with Crippen LogP contribution in [0.15, 0.2) is 24.3 Å². The van der Waals surface area contributed by atoms with E-state index in [9.17, 15) is 0 Å². The van der Waals surface area contributed by atoms with Crippen molar-refractivity contribution in [2.45, 2.75) is 77.6 Å². The highest BCUT2D eigenvalue weighted by atomic mass is 28.4. The van der Waals surface area contributed by atoms with E-state index in [0.717, 1.165) is 12.8 Å². The molecule has 0 spiro atoms. The first-order valence-electron chi connectivity index (χ1n) is 8.28. The summed E-state index contributed by atoms with van der Waals surface area (Å²) in [5, 5.41) is 0.258. The Morgan fingerprint density at radius 2 is 2.05 bits per heavy atom. The minimum atomic E-state index is -1.70. The molecule has 21 heavy (non-hydrogen) atoms. The predicted octanol–water partition coefficient (Wildman–Crippen LogP) is 5.70. The van der Waals surface area contributed by atoms with Gasteiger partial charge in [-0.15, -0.1) is 0 Å². The SMILES string of the molecule is CCCC/C=C/C#C[C@@H]1C=CC[C@H]1O[Si](C)(C)C(C)(C)C. The third-order valence-electron chi connectivity index (χ3n) is 4.54. The molecule has 1 nitrogen and oxygen atoms in total. The van der Waals surface area contributed by atoms with Gasteiger partial charge in [-0.1, -0.05) is 70.6 Å². The topological polar surface area (TPSA) is 9.23 Å². The fourth-order valence-electron chi connectivity index (χ4n) is 2.06. The molecule has 1 aliphatic rings. The summed E-state index contributed by atoms with van der Waals surface area (Å²) in [5.41, 5.74) is 0. The van der Waals surface area contributed by atoms with Gasteiger partial charge in [0.2, 0.25) is 0 Å². The fourth-order valence-corrected chi connectivity index (χ4v) is 3.41. The summed E-state index contributed by atoms with van der Waals surface area (Å²) < 4.78 is 6.52. The van der Waals surface area contributed by atoms with Gasteiger partial charge in [0.1, 0.15) is 0 Å². The van der Waals surface area contributed by atoms with Crippen molar-refractivity contribution in [3.8, 4) is 11.8 Å². The lowest BCUT2D eigenvalue weighted by Gasteiger charge is -2.39. The van der Waals surface area contributed by atoms with Crippen LogP contribution < -0.4 is 0 Å². The lowest BCUT2D eigenvalue weighted by molar-refractivity contribution is 0.171. The molecule has 0 fully saturated rings. The molecule has 1 rings (SSSR count). The van der Waals surface area contributed by atoms with Gasteiger partial charge in [0, 0.05) is 0 Å². The van der Waals surface area contributed by atoms with Crippen LogP contribution in [0.4, 0.5) is 0 Å². The summed E-state index contributed by atoms with van der Waals surface area (Å²) in [6.45, 7) is 13.7. The summed E-state index contributed by atoms with van der Waals surface area (Å²) >= 11 is 0. The Morgan fingerprint density at radius 1 is 1.33 bits per heavy atom. The first-order valence-corrected chi connectivity index (χ1v) is 11.2. The highest BCUT2D eigenvalue weighted by molar-refractivity contribution is 6.74. The zero-order valence-corrected chi connectivity index (χ0v) is 15.7. The molecule has 0 aromatic carbocycles. The Morgan fingerprint density at radius 3 is 2.67 bits per heavy atom. The van der Waals surface area contributed by atoms with Crippen molar-refractivity contribution >= 4 is 8.32 Å². The molecule has 0 heterocycles.